The summed E-state index contributed by atoms with van der Waals surface area (Å²) in [6.07, 6.45) is 4.27. The Morgan fingerprint density at radius 2 is 2.06 bits per heavy atom. The summed E-state index contributed by atoms with van der Waals surface area (Å²) in [6, 6.07) is 2.67. The molecule has 1 saturated heterocycles. The molecular weight excluding hydrogens is 212 g/mol. The maximum absolute atomic E-state index is 4.63. The summed E-state index contributed by atoms with van der Waals surface area (Å²) in [5.41, 5.74) is 3.24. The van der Waals surface area contributed by atoms with E-state index in [4.69, 9.17) is 0 Å². The molecule has 0 radical (unpaired) electrons. The first-order chi connectivity index (χ1) is 8.25. The molecule has 0 bridgehead atoms. The molecule has 4 heteroatoms. The predicted octanol–water partition coefficient (Wildman–Crippen LogP) is 1.97. The van der Waals surface area contributed by atoms with Crippen LogP contribution >= 0.6 is 0 Å². The molecule has 2 aromatic heterocycles. The van der Waals surface area contributed by atoms with Gasteiger partial charge in [-0.05, 0) is 51.4 Å². The molecule has 17 heavy (non-hydrogen) atoms. The minimum atomic E-state index is 0.552. The summed E-state index contributed by atoms with van der Waals surface area (Å²) in [6.45, 7) is 6.33. The van der Waals surface area contributed by atoms with Crippen molar-refractivity contribution in [2.45, 2.75) is 32.7 Å². The number of hydrogen-bond donors (Lipinski definition) is 1. The fourth-order valence-corrected chi connectivity index (χ4v) is 2.70. The number of imidazole rings is 1. The van der Waals surface area contributed by atoms with Crippen molar-refractivity contribution in [2.75, 3.05) is 13.1 Å². The van der Waals surface area contributed by atoms with Crippen molar-refractivity contribution in [1.82, 2.24) is 19.9 Å². The average Bonchev–Trinajstić information content (AvgIpc) is 2.65. The van der Waals surface area contributed by atoms with Gasteiger partial charge in [0.25, 0.3) is 0 Å². The van der Waals surface area contributed by atoms with E-state index in [0.29, 0.717) is 6.04 Å². The second-order valence-electron chi connectivity index (χ2n) is 4.87. The van der Waals surface area contributed by atoms with E-state index < -0.39 is 0 Å². The summed E-state index contributed by atoms with van der Waals surface area (Å²) < 4.78 is 2.32. The lowest BCUT2D eigenvalue weighted by molar-refractivity contribution is 0.368. The van der Waals surface area contributed by atoms with Crippen molar-refractivity contribution in [2.24, 2.45) is 0 Å². The van der Waals surface area contributed by atoms with E-state index in [0.717, 1.165) is 30.1 Å². The van der Waals surface area contributed by atoms with Gasteiger partial charge in [-0.15, -0.1) is 0 Å². The van der Waals surface area contributed by atoms with Crippen LogP contribution in [0, 0.1) is 13.8 Å². The first kappa shape index (κ1) is 10.7. The van der Waals surface area contributed by atoms with Gasteiger partial charge in [-0.25, -0.2) is 9.97 Å². The molecule has 0 saturated carbocycles. The number of pyridine rings is 1. The standard InChI is InChI=1S/C13H18N4/c1-9-7-12-13(15-8-9)17(10(2)16-12)11-3-5-14-6-4-11/h7-8,11,14H,3-6H2,1-2H3. The monoisotopic (exact) mass is 230 g/mol. The molecule has 3 heterocycles. The number of piperidine rings is 1. The third-order valence-corrected chi connectivity index (χ3v) is 3.52. The molecule has 0 unspecified atom stereocenters. The van der Waals surface area contributed by atoms with Crippen LogP contribution in [0.15, 0.2) is 12.3 Å². The van der Waals surface area contributed by atoms with E-state index in [9.17, 15) is 0 Å². The zero-order valence-corrected chi connectivity index (χ0v) is 10.4. The zero-order chi connectivity index (χ0) is 11.8. The first-order valence-corrected chi connectivity index (χ1v) is 6.27. The van der Waals surface area contributed by atoms with Gasteiger partial charge in [0.15, 0.2) is 5.65 Å². The topological polar surface area (TPSA) is 42.7 Å². The predicted molar refractivity (Wildman–Crippen MR) is 68.1 cm³/mol. The van der Waals surface area contributed by atoms with Crippen molar-refractivity contribution in [3.8, 4) is 0 Å². The zero-order valence-electron chi connectivity index (χ0n) is 10.4. The van der Waals surface area contributed by atoms with Crippen LogP contribution in [0.3, 0.4) is 0 Å². The smallest absolute Gasteiger partial charge is 0.160 e. The van der Waals surface area contributed by atoms with E-state index in [1.54, 1.807) is 0 Å². The van der Waals surface area contributed by atoms with Gasteiger partial charge >= 0.3 is 0 Å². The van der Waals surface area contributed by atoms with Crippen molar-refractivity contribution >= 4 is 11.2 Å². The van der Waals surface area contributed by atoms with Gasteiger partial charge in [0.1, 0.15) is 11.3 Å². The first-order valence-electron chi connectivity index (χ1n) is 6.27. The lowest BCUT2D eigenvalue weighted by Crippen LogP contribution is -2.29. The molecule has 1 aliphatic rings. The molecule has 3 rings (SSSR count). The SMILES string of the molecule is Cc1cnc2c(c1)nc(C)n2C1CCNCC1. The van der Waals surface area contributed by atoms with E-state index in [2.05, 4.69) is 39.8 Å². The molecule has 0 aromatic carbocycles. The third-order valence-electron chi connectivity index (χ3n) is 3.52. The highest BCUT2D eigenvalue weighted by Crippen LogP contribution is 2.25. The third kappa shape index (κ3) is 1.82. The Bertz CT molecular complexity index is 538. The van der Waals surface area contributed by atoms with Crippen LogP contribution in [0.25, 0.3) is 11.2 Å². The lowest BCUT2D eigenvalue weighted by atomic mass is 10.1. The van der Waals surface area contributed by atoms with E-state index in [1.165, 1.54) is 18.4 Å². The number of rotatable bonds is 1. The molecule has 2 aromatic rings. The normalized spacial score (nSPS) is 17.8. The molecule has 0 spiro atoms. The fraction of sp³-hybridized carbons (Fsp3) is 0.538. The van der Waals surface area contributed by atoms with Gasteiger partial charge in [-0.1, -0.05) is 0 Å². The highest BCUT2D eigenvalue weighted by Gasteiger charge is 2.20. The maximum Gasteiger partial charge on any atom is 0.160 e. The summed E-state index contributed by atoms with van der Waals surface area (Å²) in [5.74, 6) is 1.09. The lowest BCUT2D eigenvalue weighted by Gasteiger charge is -2.25. The summed E-state index contributed by atoms with van der Waals surface area (Å²) >= 11 is 0. The van der Waals surface area contributed by atoms with Crippen molar-refractivity contribution in [3.63, 3.8) is 0 Å². The van der Waals surface area contributed by atoms with Crippen LogP contribution in [-0.2, 0) is 0 Å². The minimum Gasteiger partial charge on any atom is -0.317 e. The quantitative estimate of drug-likeness (QED) is 0.814. The molecule has 0 amide bonds. The van der Waals surface area contributed by atoms with Crippen LogP contribution in [0.5, 0.6) is 0 Å². The van der Waals surface area contributed by atoms with Gasteiger partial charge < -0.3 is 9.88 Å². The molecule has 1 N–H and O–H groups in total. The van der Waals surface area contributed by atoms with Crippen molar-refractivity contribution in [1.29, 1.82) is 0 Å². The Morgan fingerprint density at radius 1 is 1.29 bits per heavy atom. The van der Waals surface area contributed by atoms with Gasteiger partial charge in [-0.2, -0.15) is 0 Å². The maximum atomic E-state index is 4.63. The molecule has 90 valence electrons. The van der Waals surface area contributed by atoms with E-state index in [1.807, 2.05) is 6.20 Å². The molecular formula is C13H18N4. The Morgan fingerprint density at radius 3 is 2.82 bits per heavy atom. The second kappa shape index (κ2) is 4.11. The van der Waals surface area contributed by atoms with Gasteiger partial charge in [0.2, 0.25) is 0 Å². The van der Waals surface area contributed by atoms with Crippen LogP contribution < -0.4 is 5.32 Å². The fourth-order valence-electron chi connectivity index (χ4n) is 2.70. The largest absolute Gasteiger partial charge is 0.317 e. The van der Waals surface area contributed by atoms with Crippen LogP contribution in [0.2, 0.25) is 0 Å². The average molecular weight is 230 g/mol. The molecule has 0 atom stereocenters. The summed E-state index contributed by atoms with van der Waals surface area (Å²) in [7, 11) is 0. The summed E-state index contributed by atoms with van der Waals surface area (Å²) in [5, 5.41) is 3.40. The van der Waals surface area contributed by atoms with Gasteiger partial charge in [0.05, 0.1) is 0 Å². The number of fused-ring (bicyclic) bond motifs is 1. The van der Waals surface area contributed by atoms with Gasteiger partial charge in [-0.3, -0.25) is 0 Å². The Balaban J connectivity index is 2.11. The van der Waals surface area contributed by atoms with E-state index >= 15 is 0 Å². The number of hydrogen-bond acceptors (Lipinski definition) is 3. The second-order valence-corrected chi connectivity index (χ2v) is 4.87. The minimum absolute atomic E-state index is 0.552. The molecule has 4 nitrogen and oxygen atoms in total. The van der Waals surface area contributed by atoms with Crippen molar-refractivity contribution < 1.29 is 0 Å². The Kier molecular flexibility index (Phi) is 2.59. The van der Waals surface area contributed by atoms with E-state index in [-0.39, 0.29) is 0 Å². The highest BCUT2D eigenvalue weighted by atomic mass is 15.2. The van der Waals surface area contributed by atoms with Crippen LogP contribution in [-0.4, -0.2) is 27.6 Å². The molecule has 0 aliphatic carbocycles. The van der Waals surface area contributed by atoms with Crippen LogP contribution in [0.4, 0.5) is 0 Å². The molecule has 1 fully saturated rings. The Hall–Kier alpha value is -1.42. The highest BCUT2D eigenvalue weighted by molar-refractivity contribution is 5.72. The Labute approximate surface area is 101 Å². The number of aromatic nitrogens is 3. The van der Waals surface area contributed by atoms with Crippen LogP contribution in [0.1, 0.15) is 30.3 Å². The summed E-state index contributed by atoms with van der Waals surface area (Å²) in [4.78, 5) is 9.19. The number of nitrogens with zero attached hydrogens (tertiary/aromatic N) is 3. The van der Waals surface area contributed by atoms with Gasteiger partial charge in [0, 0.05) is 12.2 Å². The molecule has 1 aliphatic heterocycles. The number of aryl methyl sites for hydroxylation is 2. The number of nitrogens with one attached hydrogen (secondary N) is 1. The van der Waals surface area contributed by atoms with Crippen molar-refractivity contribution in [3.05, 3.63) is 23.7 Å².